The van der Waals surface area contributed by atoms with Gasteiger partial charge < -0.3 is 0 Å². The molecule has 0 saturated carbocycles. The van der Waals surface area contributed by atoms with Gasteiger partial charge in [-0.3, -0.25) is 0 Å². The highest BCUT2D eigenvalue weighted by Gasteiger charge is 2.06. The molecular weight excluding hydrogens is 258 g/mol. The molecule has 2 nitrogen and oxygen atoms in total. The molecule has 0 aromatic heterocycles. The second-order valence-electron chi connectivity index (χ2n) is 7.32. The summed E-state index contributed by atoms with van der Waals surface area (Å²) in [6, 6.07) is 0. The molecule has 0 heterocycles. The SMILES string of the molecule is CCCCCCCCCCCCCCCCO[N+](C)(C)C. The number of quaternary nitrogens is 1. The van der Waals surface area contributed by atoms with Crippen molar-refractivity contribution in [2.45, 2.75) is 96.8 Å². The van der Waals surface area contributed by atoms with Crippen LogP contribution >= 0.6 is 0 Å². The molecule has 21 heavy (non-hydrogen) atoms. The van der Waals surface area contributed by atoms with Crippen LogP contribution in [0.2, 0.25) is 0 Å². The number of rotatable bonds is 16. The molecule has 0 fully saturated rings. The first-order valence-corrected chi connectivity index (χ1v) is 9.52. The molecule has 0 aliphatic rings. The van der Waals surface area contributed by atoms with Gasteiger partial charge in [0.25, 0.3) is 0 Å². The summed E-state index contributed by atoms with van der Waals surface area (Å²) in [7, 11) is 6.22. The zero-order valence-electron chi connectivity index (χ0n) is 15.5. The van der Waals surface area contributed by atoms with Gasteiger partial charge in [-0.1, -0.05) is 90.4 Å². The van der Waals surface area contributed by atoms with Crippen molar-refractivity contribution in [1.82, 2.24) is 0 Å². The molecule has 2 heteroatoms. The maximum Gasteiger partial charge on any atom is 0.106 e. The van der Waals surface area contributed by atoms with E-state index in [0.29, 0.717) is 4.65 Å². The molecule has 0 saturated heterocycles. The summed E-state index contributed by atoms with van der Waals surface area (Å²) in [6.45, 7) is 3.19. The minimum Gasteiger partial charge on any atom is -0.204 e. The fourth-order valence-corrected chi connectivity index (χ4v) is 2.64. The van der Waals surface area contributed by atoms with Crippen molar-refractivity contribution in [3.05, 3.63) is 0 Å². The van der Waals surface area contributed by atoms with E-state index in [1.54, 1.807) is 0 Å². The van der Waals surface area contributed by atoms with Crippen molar-refractivity contribution in [2.24, 2.45) is 0 Å². The Morgan fingerprint density at radius 3 is 1.19 bits per heavy atom. The third kappa shape index (κ3) is 19.9. The molecule has 128 valence electrons. The monoisotopic (exact) mass is 300 g/mol. The molecule has 0 rings (SSSR count). The maximum atomic E-state index is 5.67. The van der Waals surface area contributed by atoms with E-state index in [-0.39, 0.29) is 0 Å². The molecule has 0 amide bonds. The minimum absolute atomic E-state index is 0.623. The second kappa shape index (κ2) is 14.8. The standard InChI is InChI=1S/C19H42NO/c1-5-6-7-8-9-10-11-12-13-14-15-16-17-18-19-21-20(2,3)4/h5-19H2,1-4H3/q+1. The van der Waals surface area contributed by atoms with E-state index in [9.17, 15) is 0 Å². The molecular formula is C19H42NO+. The summed E-state index contributed by atoms with van der Waals surface area (Å²) < 4.78 is 0.623. The number of hydrogen-bond acceptors (Lipinski definition) is 1. The van der Waals surface area contributed by atoms with Gasteiger partial charge in [-0.05, 0) is 6.42 Å². The van der Waals surface area contributed by atoms with Crippen LogP contribution in [0.4, 0.5) is 0 Å². The Bertz CT molecular complexity index is 198. The lowest BCUT2D eigenvalue weighted by Crippen LogP contribution is -2.34. The Balaban J connectivity index is 3.00. The Morgan fingerprint density at radius 1 is 0.524 bits per heavy atom. The molecule has 0 aliphatic carbocycles. The van der Waals surface area contributed by atoms with Gasteiger partial charge in [-0.15, -0.1) is 0 Å². The first-order valence-electron chi connectivity index (χ1n) is 9.52. The van der Waals surface area contributed by atoms with Crippen molar-refractivity contribution in [2.75, 3.05) is 27.7 Å². The van der Waals surface area contributed by atoms with Crippen molar-refractivity contribution in [3.63, 3.8) is 0 Å². The largest absolute Gasteiger partial charge is 0.204 e. The van der Waals surface area contributed by atoms with Gasteiger partial charge in [0.15, 0.2) is 0 Å². The van der Waals surface area contributed by atoms with E-state index in [1.165, 1.54) is 89.9 Å². The zero-order chi connectivity index (χ0) is 15.8. The lowest BCUT2D eigenvalue weighted by Gasteiger charge is -2.20. The molecule has 0 atom stereocenters. The molecule has 0 radical (unpaired) electrons. The molecule has 0 unspecified atom stereocenters. The number of hydroxylamine groups is 3. The Kier molecular flexibility index (Phi) is 14.8. The minimum atomic E-state index is 0.623. The fraction of sp³-hybridized carbons (Fsp3) is 1.00. The lowest BCUT2D eigenvalue weighted by molar-refractivity contribution is -1.06. The van der Waals surface area contributed by atoms with E-state index in [1.807, 2.05) is 0 Å². The van der Waals surface area contributed by atoms with Crippen molar-refractivity contribution in [1.29, 1.82) is 0 Å². The van der Waals surface area contributed by atoms with Crippen LogP contribution in [0.15, 0.2) is 0 Å². The van der Waals surface area contributed by atoms with Gasteiger partial charge in [0, 0.05) is 0 Å². The second-order valence-corrected chi connectivity index (χ2v) is 7.32. The van der Waals surface area contributed by atoms with Gasteiger partial charge >= 0.3 is 0 Å². The average molecular weight is 301 g/mol. The summed E-state index contributed by atoms with van der Waals surface area (Å²) in [5, 5.41) is 0. The smallest absolute Gasteiger partial charge is 0.106 e. The highest BCUT2D eigenvalue weighted by Crippen LogP contribution is 2.13. The van der Waals surface area contributed by atoms with E-state index in [0.717, 1.165) is 6.61 Å². The van der Waals surface area contributed by atoms with Gasteiger partial charge in [0.2, 0.25) is 0 Å². The van der Waals surface area contributed by atoms with Crippen LogP contribution in [-0.2, 0) is 4.84 Å². The number of nitrogens with zero attached hydrogens (tertiary/aromatic N) is 1. The summed E-state index contributed by atoms with van der Waals surface area (Å²) >= 11 is 0. The van der Waals surface area contributed by atoms with Crippen LogP contribution in [0, 0.1) is 0 Å². The molecule has 0 aromatic rings. The molecule has 0 spiro atoms. The lowest BCUT2D eigenvalue weighted by atomic mass is 10.0. The van der Waals surface area contributed by atoms with Crippen LogP contribution in [0.1, 0.15) is 96.8 Å². The predicted octanol–water partition coefficient (Wildman–Crippen LogP) is 6.11. The summed E-state index contributed by atoms with van der Waals surface area (Å²) in [6.07, 6.45) is 19.8. The van der Waals surface area contributed by atoms with E-state index < -0.39 is 0 Å². The van der Waals surface area contributed by atoms with Crippen molar-refractivity contribution in [3.8, 4) is 0 Å². The van der Waals surface area contributed by atoms with Crippen LogP contribution < -0.4 is 0 Å². The van der Waals surface area contributed by atoms with E-state index in [4.69, 9.17) is 4.84 Å². The maximum absolute atomic E-state index is 5.67. The van der Waals surface area contributed by atoms with Gasteiger partial charge in [-0.25, -0.2) is 4.84 Å². The Labute approximate surface area is 134 Å². The van der Waals surface area contributed by atoms with Crippen LogP contribution in [0.5, 0.6) is 0 Å². The predicted molar refractivity (Wildman–Crippen MR) is 94.3 cm³/mol. The zero-order valence-corrected chi connectivity index (χ0v) is 15.5. The van der Waals surface area contributed by atoms with Gasteiger partial charge in [0.05, 0.1) is 21.1 Å². The van der Waals surface area contributed by atoms with Gasteiger partial charge in [0.1, 0.15) is 6.61 Å². The summed E-state index contributed by atoms with van der Waals surface area (Å²) in [5.41, 5.74) is 0. The highest BCUT2D eigenvalue weighted by molar-refractivity contribution is 4.49. The van der Waals surface area contributed by atoms with Crippen molar-refractivity contribution >= 4 is 0 Å². The number of hydrogen-bond donors (Lipinski definition) is 0. The molecule has 0 bridgehead atoms. The first-order chi connectivity index (χ1) is 10.1. The van der Waals surface area contributed by atoms with E-state index >= 15 is 0 Å². The molecule has 0 N–H and O–H groups in total. The van der Waals surface area contributed by atoms with Crippen LogP contribution in [-0.4, -0.2) is 32.4 Å². The Morgan fingerprint density at radius 2 is 0.857 bits per heavy atom. The van der Waals surface area contributed by atoms with Crippen LogP contribution in [0.25, 0.3) is 0 Å². The third-order valence-electron chi connectivity index (χ3n) is 3.98. The van der Waals surface area contributed by atoms with Crippen molar-refractivity contribution < 1.29 is 9.48 Å². The fourth-order valence-electron chi connectivity index (χ4n) is 2.64. The summed E-state index contributed by atoms with van der Waals surface area (Å²) in [5.74, 6) is 0. The first kappa shape index (κ1) is 20.9. The number of unbranched alkanes of at least 4 members (excludes halogenated alkanes) is 13. The van der Waals surface area contributed by atoms with E-state index in [2.05, 4.69) is 28.1 Å². The molecule has 0 aromatic carbocycles. The molecule has 0 aliphatic heterocycles. The third-order valence-corrected chi connectivity index (χ3v) is 3.98. The van der Waals surface area contributed by atoms with Gasteiger partial charge in [-0.2, -0.15) is 4.65 Å². The average Bonchev–Trinajstić information content (AvgIpc) is 2.42. The quantitative estimate of drug-likeness (QED) is 0.190. The summed E-state index contributed by atoms with van der Waals surface area (Å²) in [4.78, 5) is 5.67. The van der Waals surface area contributed by atoms with Crippen LogP contribution in [0.3, 0.4) is 0 Å². The topological polar surface area (TPSA) is 9.23 Å². The highest BCUT2D eigenvalue weighted by atomic mass is 16.7. The normalized spacial score (nSPS) is 12.0. The Hall–Kier alpha value is -0.0800.